The molecule has 1 N–H and O–H groups in total. The maximum absolute atomic E-state index is 11.6. The van der Waals surface area contributed by atoms with Crippen molar-refractivity contribution in [3.63, 3.8) is 0 Å². The van der Waals surface area contributed by atoms with E-state index in [0.717, 1.165) is 19.3 Å². The topological polar surface area (TPSA) is 133 Å². The molecule has 144 valence electrons. The Morgan fingerprint density at radius 1 is 1.04 bits per heavy atom. The second kappa shape index (κ2) is 6.17. The maximum atomic E-state index is 11.6. The minimum Gasteiger partial charge on any atom is -0.479 e. The molecular weight excluding hydrogens is 356 g/mol. The fourth-order valence-electron chi connectivity index (χ4n) is 5.92. The predicted molar refractivity (Wildman–Crippen MR) is 92.7 cm³/mol. The summed E-state index contributed by atoms with van der Waals surface area (Å²) in [5, 5.41) is 31.9. The normalized spacial score (nSPS) is 30.9. The monoisotopic (exact) mass is 376 g/mol. The average Bonchev–Trinajstić information content (AvgIpc) is 2.57. The quantitative estimate of drug-likeness (QED) is 0.594. The Balaban J connectivity index is 1.81. The predicted octanol–water partition coefficient (Wildman–Crippen LogP) is 3.43. The highest BCUT2D eigenvalue weighted by atomic mass is 16.6. The van der Waals surface area contributed by atoms with Crippen LogP contribution >= 0.6 is 0 Å². The van der Waals surface area contributed by atoms with Gasteiger partial charge in [-0.25, -0.2) is 4.79 Å². The summed E-state index contributed by atoms with van der Waals surface area (Å²) in [6.07, 6.45) is 6.27. The first-order valence-electron chi connectivity index (χ1n) is 9.09. The first kappa shape index (κ1) is 17.7. The Kier molecular flexibility index (Phi) is 4.05. The van der Waals surface area contributed by atoms with Gasteiger partial charge in [0.05, 0.1) is 9.85 Å². The van der Waals surface area contributed by atoms with Crippen molar-refractivity contribution in [2.45, 2.75) is 43.9 Å². The van der Waals surface area contributed by atoms with Crippen molar-refractivity contribution < 1.29 is 24.5 Å². The molecule has 0 aromatic heterocycles. The first-order valence-corrected chi connectivity index (χ1v) is 9.09. The smallest absolute Gasteiger partial charge is 0.341 e. The first-order chi connectivity index (χ1) is 12.8. The Hall–Kier alpha value is -2.71. The van der Waals surface area contributed by atoms with Crippen LogP contribution in [0.2, 0.25) is 0 Å². The number of carbonyl (C=O) groups is 1. The molecule has 0 heterocycles. The second-order valence-corrected chi connectivity index (χ2v) is 8.24. The van der Waals surface area contributed by atoms with E-state index in [0.29, 0.717) is 23.3 Å². The molecule has 9 nitrogen and oxygen atoms in total. The molecule has 0 radical (unpaired) electrons. The lowest BCUT2D eigenvalue weighted by Crippen LogP contribution is -2.48. The van der Waals surface area contributed by atoms with Crippen LogP contribution in [0.15, 0.2) is 12.1 Å². The number of nitrogens with zero attached hydrogens (tertiary/aromatic N) is 2. The van der Waals surface area contributed by atoms with Crippen LogP contribution in [0.25, 0.3) is 0 Å². The molecule has 1 aromatic carbocycles. The minimum absolute atomic E-state index is 0.254. The molecule has 4 saturated carbocycles. The van der Waals surface area contributed by atoms with E-state index in [-0.39, 0.29) is 5.41 Å². The van der Waals surface area contributed by atoms with Gasteiger partial charge in [-0.1, -0.05) is 0 Å². The number of ether oxygens (including phenoxy) is 1. The number of rotatable bonds is 6. The molecule has 5 rings (SSSR count). The minimum atomic E-state index is -1.36. The van der Waals surface area contributed by atoms with Gasteiger partial charge in [0, 0.05) is 12.1 Å². The number of nitro groups is 2. The zero-order valence-corrected chi connectivity index (χ0v) is 14.6. The van der Waals surface area contributed by atoms with Gasteiger partial charge in [-0.3, -0.25) is 20.2 Å². The molecule has 9 heteroatoms. The van der Waals surface area contributed by atoms with Gasteiger partial charge in [0.15, 0.2) is 6.61 Å². The van der Waals surface area contributed by atoms with Gasteiger partial charge in [-0.15, -0.1) is 0 Å². The van der Waals surface area contributed by atoms with Crippen molar-refractivity contribution >= 4 is 17.3 Å². The van der Waals surface area contributed by atoms with Gasteiger partial charge >= 0.3 is 17.3 Å². The van der Waals surface area contributed by atoms with Crippen molar-refractivity contribution in [2.24, 2.45) is 17.8 Å². The standard InChI is InChI=1S/C18H20N2O7/c21-16(22)9-27-17-14(19(23)24)4-13(5-15(17)20(25)26)18-6-10-1-11(7-18)3-12(2-10)8-18/h4-5,10-12H,1-3,6-9H2,(H,21,22). The van der Waals surface area contributed by atoms with E-state index in [1.165, 1.54) is 31.4 Å². The molecule has 27 heavy (non-hydrogen) atoms. The zero-order chi connectivity index (χ0) is 19.3. The molecule has 0 spiro atoms. The van der Waals surface area contributed by atoms with E-state index >= 15 is 0 Å². The Bertz CT molecular complexity index is 765. The van der Waals surface area contributed by atoms with Crippen molar-refractivity contribution in [2.75, 3.05) is 6.61 Å². The van der Waals surface area contributed by atoms with E-state index in [1.807, 2.05) is 0 Å². The lowest BCUT2D eigenvalue weighted by Gasteiger charge is -2.57. The third-order valence-electron chi connectivity index (χ3n) is 6.43. The van der Waals surface area contributed by atoms with Crippen molar-refractivity contribution in [3.05, 3.63) is 37.9 Å². The SMILES string of the molecule is O=C(O)COc1c([N+](=O)[O-])cc(C23CC4CC(CC(C4)C2)C3)cc1[N+](=O)[O-]. The zero-order valence-electron chi connectivity index (χ0n) is 14.6. The van der Waals surface area contributed by atoms with Gasteiger partial charge in [0.2, 0.25) is 0 Å². The van der Waals surface area contributed by atoms with E-state index in [9.17, 15) is 25.0 Å². The highest BCUT2D eigenvalue weighted by Crippen LogP contribution is 2.61. The molecule has 1 aromatic rings. The lowest BCUT2D eigenvalue weighted by molar-refractivity contribution is -0.396. The number of hydrogen-bond acceptors (Lipinski definition) is 6. The van der Waals surface area contributed by atoms with Crippen molar-refractivity contribution in [3.8, 4) is 5.75 Å². The van der Waals surface area contributed by atoms with Crippen LogP contribution in [0.3, 0.4) is 0 Å². The van der Waals surface area contributed by atoms with E-state index in [1.54, 1.807) is 0 Å². The summed E-state index contributed by atoms with van der Waals surface area (Å²) in [6.45, 7) is -0.877. The van der Waals surface area contributed by atoms with Gasteiger partial charge < -0.3 is 9.84 Å². The van der Waals surface area contributed by atoms with Crippen LogP contribution in [0, 0.1) is 38.0 Å². The third kappa shape index (κ3) is 3.00. The molecule has 4 fully saturated rings. The molecule has 0 atom stereocenters. The van der Waals surface area contributed by atoms with Crippen molar-refractivity contribution in [1.29, 1.82) is 0 Å². The van der Waals surface area contributed by atoms with Crippen LogP contribution in [0.1, 0.15) is 44.1 Å². The van der Waals surface area contributed by atoms with E-state index in [2.05, 4.69) is 0 Å². The van der Waals surface area contributed by atoms with E-state index < -0.39 is 39.5 Å². The summed E-state index contributed by atoms with van der Waals surface area (Å²) in [7, 11) is 0. The number of benzene rings is 1. The fraction of sp³-hybridized carbons (Fsp3) is 0.611. The Morgan fingerprint density at radius 2 is 1.48 bits per heavy atom. The van der Waals surface area contributed by atoms with Gasteiger partial charge in [-0.2, -0.15) is 0 Å². The number of carboxylic acid groups (broad SMARTS) is 1. The molecule has 4 aliphatic carbocycles. The Labute approximate surface area is 154 Å². The van der Waals surface area contributed by atoms with Gasteiger partial charge in [0.25, 0.3) is 5.75 Å². The summed E-state index contributed by atoms with van der Waals surface area (Å²) in [5.74, 6) is -0.198. The summed E-state index contributed by atoms with van der Waals surface area (Å²) >= 11 is 0. The van der Waals surface area contributed by atoms with Crippen LogP contribution < -0.4 is 4.74 Å². The highest BCUT2D eigenvalue weighted by Gasteiger charge is 2.52. The van der Waals surface area contributed by atoms with E-state index in [4.69, 9.17) is 9.84 Å². The number of hydrogen-bond donors (Lipinski definition) is 1. The number of nitro benzene ring substituents is 2. The van der Waals surface area contributed by atoms with Crippen LogP contribution in [0.5, 0.6) is 5.75 Å². The summed E-state index contributed by atoms with van der Waals surface area (Å²) in [5.41, 5.74) is -0.689. The number of carboxylic acids is 1. The molecule has 0 saturated heterocycles. The van der Waals surface area contributed by atoms with Crippen LogP contribution in [-0.2, 0) is 10.2 Å². The number of aliphatic carboxylic acids is 1. The molecule has 0 amide bonds. The maximum Gasteiger partial charge on any atom is 0.341 e. The molecule has 0 aliphatic heterocycles. The van der Waals surface area contributed by atoms with Crippen LogP contribution in [0.4, 0.5) is 11.4 Å². The molecular formula is C18H20N2O7. The molecule has 4 bridgehead atoms. The van der Waals surface area contributed by atoms with Crippen LogP contribution in [-0.4, -0.2) is 27.5 Å². The third-order valence-corrected chi connectivity index (χ3v) is 6.43. The largest absolute Gasteiger partial charge is 0.479 e. The summed E-state index contributed by atoms with van der Waals surface area (Å²) in [6, 6.07) is 2.74. The van der Waals surface area contributed by atoms with Crippen molar-refractivity contribution in [1.82, 2.24) is 0 Å². The van der Waals surface area contributed by atoms with Gasteiger partial charge in [0.1, 0.15) is 0 Å². The average molecular weight is 376 g/mol. The molecule has 4 aliphatic rings. The summed E-state index contributed by atoms with van der Waals surface area (Å²) in [4.78, 5) is 32.5. The molecule has 0 unspecified atom stereocenters. The highest BCUT2D eigenvalue weighted by molar-refractivity contribution is 5.70. The second-order valence-electron chi connectivity index (χ2n) is 8.24. The Morgan fingerprint density at radius 3 is 1.85 bits per heavy atom. The fourth-order valence-corrected chi connectivity index (χ4v) is 5.92. The summed E-state index contributed by atoms with van der Waals surface area (Å²) < 4.78 is 4.94. The van der Waals surface area contributed by atoms with Gasteiger partial charge in [-0.05, 0) is 67.3 Å². The lowest BCUT2D eigenvalue weighted by atomic mass is 9.48.